The highest BCUT2D eigenvalue weighted by molar-refractivity contribution is 6.42. The summed E-state index contributed by atoms with van der Waals surface area (Å²) < 4.78 is 0. The smallest absolute Gasteiger partial charge is 0.0616 e. The first-order chi connectivity index (χ1) is 5.38. The lowest BCUT2D eigenvalue weighted by atomic mass is 10.1. The summed E-state index contributed by atoms with van der Waals surface area (Å²) in [5.74, 6) is 0. The molecule has 2 heteroatoms. The molecule has 1 aliphatic heterocycles. The van der Waals surface area contributed by atoms with Crippen LogP contribution in [0, 0.1) is 0 Å². The molecule has 1 aliphatic rings. The predicted octanol–water partition coefficient (Wildman–Crippen LogP) is 2.22. The second-order valence-electron chi connectivity index (χ2n) is 2.52. The van der Waals surface area contributed by atoms with Crippen molar-refractivity contribution in [1.29, 1.82) is 0 Å². The van der Waals surface area contributed by atoms with Crippen molar-refractivity contribution in [1.82, 2.24) is 0 Å². The normalized spacial score (nSPS) is 18.4. The van der Waals surface area contributed by atoms with Gasteiger partial charge in [0, 0.05) is 13.2 Å². The molecule has 0 saturated heterocycles. The van der Waals surface area contributed by atoms with E-state index in [4.69, 9.17) is 0 Å². The molecule has 60 valence electrons. The Bertz CT molecular complexity index is 212. The first kappa shape index (κ1) is 8.18. The summed E-state index contributed by atoms with van der Waals surface area (Å²) in [6.07, 6.45) is 7.12. The van der Waals surface area contributed by atoms with Gasteiger partial charge in [0.05, 0.1) is 11.4 Å². The lowest BCUT2D eigenvalue weighted by Crippen LogP contribution is -2.13. The molecule has 0 fully saturated rings. The molecule has 0 radical (unpaired) electrons. The molecule has 1 heterocycles. The van der Waals surface area contributed by atoms with Crippen molar-refractivity contribution >= 4 is 11.4 Å². The van der Waals surface area contributed by atoms with E-state index in [1.807, 2.05) is 13.2 Å². The van der Waals surface area contributed by atoms with Gasteiger partial charge in [-0.05, 0) is 19.3 Å². The van der Waals surface area contributed by atoms with Crippen LogP contribution in [0.4, 0.5) is 0 Å². The molecule has 0 unspecified atom stereocenters. The van der Waals surface area contributed by atoms with Crippen molar-refractivity contribution < 1.29 is 0 Å². The predicted molar refractivity (Wildman–Crippen MR) is 49.5 cm³/mol. The Labute approximate surface area is 67.8 Å². The number of aliphatic imine (C=N–C) groups is 2. The van der Waals surface area contributed by atoms with E-state index in [2.05, 4.69) is 23.0 Å². The summed E-state index contributed by atoms with van der Waals surface area (Å²) in [7, 11) is 1.83. The molecule has 1 rings (SSSR count). The zero-order valence-corrected chi connectivity index (χ0v) is 7.17. The average molecular weight is 150 g/mol. The lowest BCUT2D eigenvalue weighted by molar-refractivity contribution is 1.06. The van der Waals surface area contributed by atoms with Gasteiger partial charge in [0.15, 0.2) is 0 Å². The maximum Gasteiger partial charge on any atom is 0.0616 e. The molecule has 0 aliphatic carbocycles. The van der Waals surface area contributed by atoms with E-state index in [-0.39, 0.29) is 0 Å². The Balaban J connectivity index is 2.72. The minimum absolute atomic E-state index is 0.989. The van der Waals surface area contributed by atoms with Gasteiger partial charge in [-0.3, -0.25) is 9.98 Å². The Morgan fingerprint density at radius 3 is 3.00 bits per heavy atom. The van der Waals surface area contributed by atoms with E-state index in [0.717, 1.165) is 30.7 Å². The highest BCUT2D eigenvalue weighted by Gasteiger charge is 2.06. The van der Waals surface area contributed by atoms with Crippen LogP contribution in [0.1, 0.15) is 26.2 Å². The first-order valence-corrected chi connectivity index (χ1v) is 4.06. The third-order valence-electron chi connectivity index (χ3n) is 1.82. The molecule has 0 spiro atoms. The molecule has 0 N–H and O–H groups in total. The molecule has 0 bridgehead atoms. The van der Waals surface area contributed by atoms with Crippen molar-refractivity contribution in [2.45, 2.75) is 26.2 Å². The monoisotopic (exact) mass is 150 g/mol. The highest BCUT2D eigenvalue weighted by atomic mass is 14.8. The molecular formula is C9H14N2. The number of hydrogen-bond acceptors (Lipinski definition) is 2. The summed E-state index contributed by atoms with van der Waals surface area (Å²) in [5.41, 5.74) is 2.31. The second-order valence-corrected chi connectivity index (χ2v) is 2.52. The molecule has 0 aromatic heterocycles. The number of allylic oxidation sites excluding steroid dienone is 1. The van der Waals surface area contributed by atoms with E-state index in [9.17, 15) is 0 Å². The van der Waals surface area contributed by atoms with Gasteiger partial charge in [0.25, 0.3) is 0 Å². The van der Waals surface area contributed by atoms with Crippen LogP contribution in [-0.2, 0) is 0 Å². The Morgan fingerprint density at radius 1 is 1.73 bits per heavy atom. The zero-order chi connectivity index (χ0) is 8.10. The van der Waals surface area contributed by atoms with Crippen molar-refractivity contribution in [3.63, 3.8) is 0 Å². The number of nitrogens with zero attached hydrogens (tertiary/aromatic N) is 2. The van der Waals surface area contributed by atoms with Crippen LogP contribution in [0.15, 0.2) is 22.3 Å². The van der Waals surface area contributed by atoms with Crippen molar-refractivity contribution in [3.05, 3.63) is 12.3 Å². The fourth-order valence-corrected chi connectivity index (χ4v) is 1.21. The van der Waals surface area contributed by atoms with Gasteiger partial charge in [0.2, 0.25) is 0 Å². The Morgan fingerprint density at radius 2 is 2.55 bits per heavy atom. The summed E-state index contributed by atoms with van der Waals surface area (Å²) >= 11 is 0. The second kappa shape index (κ2) is 4.06. The molecule has 0 aromatic rings. The molecule has 11 heavy (non-hydrogen) atoms. The van der Waals surface area contributed by atoms with E-state index in [1.165, 1.54) is 0 Å². The first-order valence-electron chi connectivity index (χ1n) is 4.06. The third kappa shape index (κ3) is 2.00. The van der Waals surface area contributed by atoms with E-state index in [1.54, 1.807) is 0 Å². The van der Waals surface area contributed by atoms with Gasteiger partial charge in [0.1, 0.15) is 0 Å². The SMILES string of the molecule is CC/C(=N\C)C1=NC=CCC1. The molecule has 0 saturated carbocycles. The topological polar surface area (TPSA) is 24.7 Å². The van der Waals surface area contributed by atoms with Crippen LogP contribution in [-0.4, -0.2) is 18.5 Å². The molecule has 2 nitrogen and oxygen atoms in total. The average Bonchev–Trinajstić information content (AvgIpc) is 2.09. The maximum atomic E-state index is 4.28. The summed E-state index contributed by atoms with van der Waals surface area (Å²) in [6.45, 7) is 2.11. The number of rotatable bonds is 2. The van der Waals surface area contributed by atoms with Crippen LogP contribution in [0.25, 0.3) is 0 Å². The Kier molecular flexibility index (Phi) is 3.02. The van der Waals surface area contributed by atoms with Gasteiger partial charge < -0.3 is 0 Å². The largest absolute Gasteiger partial charge is 0.291 e. The molecule has 0 amide bonds. The van der Waals surface area contributed by atoms with Crippen LogP contribution >= 0.6 is 0 Å². The fourth-order valence-electron chi connectivity index (χ4n) is 1.21. The lowest BCUT2D eigenvalue weighted by Gasteiger charge is -2.07. The van der Waals surface area contributed by atoms with E-state index < -0.39 is 0 Å². The van der Waals surface area contributed by atoms with Crippen LogP contribution < -0.4 is 0 Å². The molecule has 0 atom stereocenters. The maximum absolute atomic E-state index is 4.28. The van der Waals surface area contributed by atoms with Gasteiger partial charge in [-0.1, -0.05) is 13.0 Å². The third-order valence-corrected chi connectivity index (χ3v) is 1.82. The molecule has 0 aromatic carbocycles. The Hall–Kier alpha value is -0.920. The minimum atomic E-state index is 0.989. The standard InChI is InChI=1S/C9H14N2/c1-3-8(10-2)9-6-4-5-7-11-9/h5,7H,3-4,6H2,1-2H3/b10-8+. The number of hydrogen-bond donors (Lipinski definition) is 0. The fraction of sp³-hybridized carbons (Fsp3) is 0.556. The summed E-state index contributed by atoms with van der Waals surface area (Å²) in [4.78, 5) is 8.46. The van der Waals surface area contributed by atoms with Crippen molar-refractivity contribution in [2.24, 2.45) is 9.98 Å². The van der Waals surface area contributed by atoms with Crippen LogP contribution in [0.5, 0.6) is 0 Å². The summed E-state index contributed by atoms with van der Waals surface area (Å²) in [6, 6.07) is 0. The van der Waals surface area contributed by atoms with E-state index >= 15 is 0 Å². The minimum Gasteiger partial charge on any atom is -0.291 e. The van der Waals surface area contributed by atoms with Gasteiger partial charge in [-0.15, -0.1) is 0 Å². The quantitative estimate of drug-likeness (QED) is 0.539. The van der Waals surface area contributed by atoms with Gasteiger partial charge >= 0.3 is 0 Å². The summed E-state index contributed by atoms with van der Waals surface area (Å²) in [5, 5.41) is 0. The highest BCUT2D eigenvalue weighted by Crippen LogP contribution is 2.05. The van der Waals surface area contributed by atoms with Gasteiger partial charge in [-0.25, -0.2) is 0 Å². The van der Waals surface area contributed by atoms with E-state index in [0.29, 0.717) is 0 Å². The van der Waals surface area contributed by atoms with Crippen molar-refractivity contribution in [3.8, 4) is 0 Å². The zero-order valence-electron chi connectivity index (χ0n) is 7.17. The van der Waals surface area contributed by atoms with Crippen LogP contribution in [0.3, 0.4) is 0 Å². The van der Waals surface area contributed by atoms with Gasteiger partial charge in [-0.2, -0.15) is 0 Å². The van der Waals surface area contributed by atoms with Crippen molar-refractivity contribution in [2.75, 3.05) is 7.05 Å². The molecular weight excluding hydrogens is 136 g/mol. The van der Waals surface area contributed by atoms with Crippen LogP contribution in [0.2, 0.25) is 0 Å².